The van der Waals surface area contributed by atoms with E-state index < -0.39 is 0 Å². The molecule has 2 aliphatic rings. The van der Waals surface area contributed by atoms with Crippen LogP contribution in [0.2, 0.25) is 0 Å². The highest BCUT2D eigenvalue weighted by atomic mass is 16.6. The summed E-state index contributed by atoms with van der Waals surface area (Å²) in [6.07, 6.45) is 0.918. The molecule has 0 bridgehead atoms. The highest BCUT2D eigenvalue weighted by Crippen LogP contribution is 2.56. The van der Waals surface area contributed by atoms with Gasteiger partial charge in [0.2, 0.25) is 0 Å². The normalized spacial score (nSPS) is 36.3. The molecule has 1 saturated heterocycles. The van der Waals surface area contributed by atoms with Crippen molar-refractivity contribution in [2.24, 2.45) is 0 Å². The van der Waals surface area contributed by atoms with Gasteiger partial charge in [-0.2, -0.15) is 0 Å². The molecule has 86 valence electrons. The van der Waals surface area contributed by atoms with E-state index in [0.717, 1.165) is 13.0 Å². The Balaban J connectivity index is 2.27. The number of hydrogen-bond donors (Lipinski definition) is 0. The molecule has 0 spiro atoms. The molecule has 1 aromatic rings. The van der Waals surface area contributed by atoms with Crippen molar-refractivity contribution < 1.29 is 9.47 Å². The molecule has 0 aromatic heterocycles. The van der Waals surface area contributed by atoms with Crippen molar-refractivity contribution in [1.29, 1.82) is 0 Å². The van der Waals surface area contributed by atoms with E-state index in [0.29, 0.717) is 0 Å². The Kier molecular flexibility index (Phi) is 1.89. The second-order valence-corrected chi connectivity index (χ2v) is 4.69. The molecule has 0 N–H and O–H groups in total. The van der Waals surface area contributed by atoms with Crippen molar-refractivity contribution in [2.75, 3.05) is 25.7 Å². The van der Waals surface area contributed by atoms with Gasteiger partial charge < -0.3 is 14.4 Å². The lowest BCUT2D eigenvalue weighted by atomic mass is 9.86. The standard InChI is InChI=1S/C13H17NO2/c1-12-13(15-3,8-9-16-12)10-6-4-5-7-11(10)14(12)2/h4-7H,8-9H2,1-3H3/t12-,13+/m0/s1. The number of fused-ring (bicyclic) bond motifs is 3. The fourth-order valence-electron chi connectivity index (χ4n) is 3.23. The maximum Gasteiger partial charge on any atom is 0.171 e. The third-order valence-corrected chi connectivity index (χ3v) is 4.28. The zero-order chi connectivity index (χ0) is 11.4. The lowest BCUT2D eigenvalue weighted by Gasteiger charge is -2.39. The molecule has 2 aliphatic heterocycles. The van der Waals surface area contributed by atoms with Crippen LogP contribution in [0.4, 0.5) is 5.69 Å². The van der Waals surface area contributed by atoms with Crippen LogP contribution in [-0.4, -0.2) is 26.5 Å². The van der Waals surface area contributed by atoms with Crippen LogP contribution in [-0.2, 0) is 15.1 Å². The van der Waals surface area contributed by atoms with Crippen LogP contribution in [0.1, 0.15) is 18.9 Å². The number of para-hydroxylation sites is 1. The fourth-order valence-corrected chi connectivity index (χ4v) is 3.23. The molecule has 0 saturated carbocycles. The average molecular weight is 219 g/mol. The van der Waals surface area contributed by atoms with Gasteiger partial charge in [-0.1, -0.05) is 18.2 Å². The Hall–Kier alpha value is -1.06. The largest absolute Gasteiger partial charge is 0.368 e. The first-order valence-corrected chi connectivity index (χ1v) is 5.68. The SMILES string of the molecule is CO[C@@]12CCO[C@]1(C)N(C)c1ccccc12. The quantitative estimate of drug-likeness (QED) is 0.722. The third-order valence-electron chi connectivity index (χ3n) is 4.28. The second-order valence-electron chi connectivity index (χ2n) is 4.69. The minimum atomic E-state index is -0.370. The van der Waals surface area contributed by atoms with Gasteiger partial charge >= 0.3 is 0 Å². The highest BCUT2D eigenvalue weighted by Gasteiger charge is 2.63. The van der Waals surface area contributed by atoms with E-state index in [2.05, 4.69) is 43.1 Å². The molecule has 1 aromatic carbocycles. The predicted octanol–water partition coefficient (Wildman–Crippen LogP) is 2.11. The number of benzene rings is 1. The monoisotopic (exact) mass is 219 g/mol. The van der Waals surface area contributed by atoms with Gasteiger partial charge in [0, 0.05) is 31.8 Å². The number of hydrogen-bond acceptors (Lipinski definition) is 3. The minimum absolute atomic E-state index is 0.307. The Morgan fingerprint density at radius 2 is 2.12 bits per heavy atom. The van der Waals surface area contributed by atoms with E-state index >= 15 is 0 Å². The molecule has 1 fully saturated rings. The minimum Gasteiger partial charge on any atom is -0.368 e. The van der Waals surface area contributed by atoms with Gasteiger partial charge in [-0.25, -0.2) is 0 Å². The van der Waals surface area contributed by atoms with Gasteiger partial charge in [-0.05, 0) is 13.0 Å². The van der Waals surface area contributed by atoms with E-state index in [-0.39, 0.29) is 11.3 Å². The van der Waals surface area contributed by atoms with Crippen molar-refractivity contribution >= 4 is 5.69 Å². The van der Waals surface area contributed by atoms with Crippen LogP contribution >= 0.6 is 0 Å². The van der Waals surface area contributed by atoms with Crippen molar-refractivity contribution in [2.45, 2.75) is 24.7 Å². The van der Waals surface area contributed by atoms with Crippen molar-refractivity contribution in [3.63, 3.8) is 0 Å². The average Bonchev–Trinajstić information content (AvgIpc) is 2.74. The van der Waals surface area contributed by atoms with E-state index in [9.17, 15) is 0 Å². The molecule has 3 rings (SSSR count). The molecule has 2 heterocycles. The van der Waals surface area contributed by atoms with Crippen LogP contribution < -0.4 is 4.90 Å². The molecular weight excluding hydrogens is 202 g/mol. The van der Waals surface area contributed by atoms with Crippen LogP contribution in [0, 0.1) is 0 Å². The highest BCUT2D eigenvalue weighted by molar-refractivity contribution is 5.64. The Bertz CT molecular complexity index is 434. The molecular formula is C13H17NO2. The maximum absolute atomic E-state index is 5.95. The van der Waals surface area contributed by atoms with E-state index in [1.165, 1.54) is 11.3 Å². The molecule has 2 atom stereocenters. The summed E-state index contributed by atoms with van der Waals surface area (Å²) in [5, 5.41) is 0. The Morgan fingerprint density at radius 3 is 2.88 bits per heavy atom. The molecule has 0 radical (unpaired) electrons. The summed E-state index contributed by atoms with van der Waals surface area (Å²) in [5.74, 6) is 0. The topological polar surface area (TPSA) is 21.7 Å². The van der Waals surface area contributed by atoms with Crippen LogP contribution in [0.5, 0.6) is 0 Å². The maximum atomic E-state index is 5.95. The molecule has 16 heavy (non-hydrogen) atoms. The van der Waals surface area contributed by atoms with E-state index in [1.54, 1.807) is 7.11 Å². The smallest absolute Gasteiger partial charge is 0.171 e. The van der Waals surface area contributed by atoms with Gasteiger partial charge in [-0.15, -0.1) is 0 Å². The second kappa shape index (κ2) is 2.99. The summed E-state index contributed by atoms with van der Waals surface area (Å²) >= 11 is 0. The fraction of sp³-hybridized carbons (Fsp3) is 0.538. The first-order valence-electron chi connectivity index (χ1n) is 5.68. The number of nitrogens with zero attached hydrogens (tertiary/aromatic N) is 1. The summed E-state index contributed by atoms with van der Waals surface area (Å²) in [7, 11) is 3.85. The number of anilines is 1. The van der Waals surface area contributed by atoms with Gasteiger partial charge in [0.1, 0.15) is 5.60 Å². The van der Waals surface area contributed by atoms with E-state index in [4.69, 9.17) is 9.47 Å². The molecule has 0 unspecified atom stereocenters. The summed E-state index contributed by atoms with van der Waals surface area (Å²) in [6, 6.07) is 8.40. The van der Waals surface area contributed by atoms with Gasteiger partial charge in [0.05, 0.1) is 6.61 Å². The summed E-state index contributed by atoms with van der Waals surface area (Å²) in [5.41, 5.74) is 1.79. The first-order chi connectivity index (χ1) is 7.66. The molecule has 0 amide bonds. The lowest BCUT2D eigenvalue weighted by Crippen LogP contribution is -2.53. The van der Waals surface area contributed by atoms with Crippen molar-refractivity contribution in [3.8, 4) is 0 Å². The summed E-state index contributed by atoms with van der Waals surface area (Å²) in [4.78, 5) is 2.19. The Labute approximate surface area is 96.0 Å². The van der Waals surface area contributed by atoms with Crippen LogP contribution in [0.3, 0.4) is 0 Å². The zero-order valence-electron chi connectivity index (χ0n) is 9.99. The number of methoxy groups -OCH3 is 1. The number of likely N-dealkylation sites (N-methyl/N-ethyl adjacent to an activating group) is 1. The molecule has 0 aliphatic carbocycles. The molecule has 3 heteroatoms. The van der Waals surface area contributed by atoms with Gasteiger partial charge in [0.15, 0.2) is 5.72 Å². The first kappa shape index (κ1) is 10.1. The summed E-state index contributed by atoms with van der Waals surface area (Å²) < 4.78 is 11.8. The zero-order valence-corrected chi connectivity index (χ0v) is 9.99. The Morgan fingerprint density at radius 1 is 1.38 bits per heavy atom. The van der Waals surface area contributed by atoms with Gasteiger partial charge in [-0.3, -0.25) is 0 Å². The summed E-state index contributed by atoms with van der Waals surface area (Å²) in [6.45, 7) is 2.87. The van der Waals surface area contributed by atoms with Crippen molar-refractivity contribution in [3.05, 3.63) is 29.8 Å². The third kappa shape index (κ3) is 0.874. The van der Waals surface area contributed by atoms with Gasteiger partial charge in [0.25, 0.3) is 0 Å². The van der Waals surface area contributed by atoms with E-state index in [1.807, 2.05) is 0 Å². The predicted molar refractivity (Wildman–Crippen MR) is 62.5 cm³/mol. The number of ether oxygens (including phenoxy) is 2. The van der Waals surface area contributed by atoms with Crippen molar-refractivity contribution in [1.82, 2.24) is 0 Å². The number of rotatable bonds is 1. The van der Waals surface area contributed by atoms with Crippen LogP contribution in [0.15, 0.2) is 24.3 Å². The lowest BCUT2D eigenvalue weighted by molar-refractivity contribution is -0.122. The molecule has 3 nitrogen and oxygen atoms in total. The van der Waals surface area contributed by atoms with Crippen LogP contribution in [0.25, 0.3) is 0 Å².